The van der Waals surface area contributed by atoms with Crippen molar-refractivity contribution in [3.63, 3.8) is 0 Å². The van der Waals surface area contributed by atoms with E-state index in [0.29, 0.717) is 57.1 Å². The molecule has 6 aromatic rings. The van der Waals surface area contributed by atoms with Gasteiger partial charge in [0.15, 0.2) is 0 Å². The molecule has 0 saturated carbocycles. The Hall–Kier alpha value is -5.54. The first-order chi connectivity index (χ1) is 23.8. The van der Waals surface area contributed by atoms with Gasteiger partial charge >= 0.3 is 0 Å². The van der Waals surface area contributed by atoms with Gasteiger partial charge in [-0.05, 0) is 71.5 Å². The van der Waals surface area contributed by atoms with Crippen LogP contribution in [0.25, 0.3) is 32.7 Å². The minimum absolute atomic E-state index is 0.0778. The Balaban J connectivity index is 1.32. The maximum atomic E-state index is 12.4. The largest absolute Gasteiger partial charge is 0.396 e. The molecule has 8 N–H and O–H groups in total. The fraction of sp³-hybridized carbons (Fsp3) is 0.111. The quantitative estimate of drug-likeness (QED) is 0.0858. The van der Waals surface area contributed by atoms with Crippen LogP contribution in [0.4, 0.5) is 34.1 Å². The molecule has 14 heteroatoms. The predicted molar refractivity (Wildman–Crippen MR) is 198 cm³/mol. The van der Waals surface area contributed by atoms with Gasteiger partial charge in [0, 0.05) is 21.5 Å². The molecule has 0 atom stereocenters. The van der Waals surface area contributed by atoms with Crippen LogP contribution in [0.2, 0.25) is 0 Å². The van der Waals surface area contributed by atoms with Crippen LogP contribution in [0.5, 0.6) is 0 Å². The van der Waals surface area contributed by atoms with Crippen molar-refractivity contribution >= 4 is 75.7 Å². The first kappa shape index (κ1) is 34.3. The third-order valence-electron chi connectivity index (χ3n) is 8.45. The number of benzene rings is 6. The molecule has 0 aliphatic carbocycles. The van der Waals surface area contributed by atoms with Gasteiger partial charge in [0.05, 0.1) is 32.5 Å². The number of azo groups is 2. The molecule has 0 aliphatic rings. The number of sulfonamides is 2. The number of nitrogens with zero attached hydrogens (tertiary/aromatic N) is 4. The number of hydrogen-bond donors (Lipinski definition) is 4. The van der Waals surface area contributed by atoms with Crippen molar-refractivity contribution in [1.82, 2.24) is 0 Å². The Morgan fingerprint density at radius 2 is 0.820 bits per heavy atom. The van der Waals surface area contributed by atoms with Gasteiger partial charge in [0.25, 0.3) is 0 Å². The van der Waals surface area contributed by atoms with Gasteiger partial charge in [-0.2, -0.15) is 10.2 Å². The highest BCUT2D eigenvalue weighted by Gasteiger charge is 2.19. The smallest absolute Gasteiger partial charge is 0.238 e. The van der Waals surface area contributed by atoms with E-state index < -0.39 is 20.0 Å². The van der Waals surface area contributed by atoms with Gasteiger partial charge < -0.3 is 11.5 Å². The first-order valence-electron chi connectivity index (χ1n) is 15.6. The monoisotopic (exact) mass is 706 g/mol. The number of nitrogen functional groups attached to an aromatic ring is 2. The van der Waals surface area contributed by atoms with Gasteiger partial charge in [-0.25, -0.2) is 27.1 Å². The molecule has 254 valence electrons. The lowest BCUT2D eigenvalue weighted by atomic mass is 9.98. The number of anilines is 2. The molecule has 0 amide bonds. The summed E-state index contributed by atoms with van der Waals surface area (Å²) >= 11 is 0. The zero-order valence-electron chi connectivity index (χ0n) is 27.2. The highest BCUT2D eigenvalue weighted by atomic mass is 32.2. The lowest BCUT2D eigenvalue weighted by Crippen LogP contribution is -2.13. The third kappa shape index (κ3) is 6.69. The minimum Gasteiger partial charge on any atom is -0.396 e. The molecule has 50 heavy (non-hydrogen) atoms. The average molecular weight is 707 g/mol. The zero-order chi connectivity index (χ0) is 35.8. The number of aryl methyl sites for hydroxylation is 2. The molecule has 0 saturated heterocycles. The number of nitrogens with two attached hydrogens (primary N) is 4. The van der Waals surface area contributed by atoms with Crippen LogP contribution < -0.4 is 21.7 Å². The van der Waals surface area contributed by atoms with E-state index in [2.05, 4.69) is 20.5 Å². The van der Waals surface area contributed by atoms with Crippen LogP contribution in [0.3, 0.4) is 0 Å². The molecule has 0 spiro atoms. The minimum atomic E-state index is -4.05. The van der Waals surface area contributed by atoms with Crippen molar-refractivity contribution in [2.45, 2.75) is 36.5 Å². The Morgan fingerprint density at radius 1 is 0.480 bits per heavy atom. The summed E-state index contributed by atoms with van der Waals surface area (Å²) in [7, 11) is -8.09. The topological polar surface area (TPSA) is 222 Å². The molecular weight excluding hydrogens is 673 g/mol. The summed E-state index contributed by atoms with van der Waals surface area (Å²) in [6, 6.07) is 27.9. The summed E-state index contributed by atoms with van der Waals surface area (Å²) < 4.78 is 49.4. The standard InChI is InChI=1S/C36H34N8O4S2/c1-3-21-17-23(13-15-29(21)41-43-31-19-33(49(39,45)46)25-9-5-7-11-27(25)35(31)37)24-14-16-30(22(4-2)18-24)42-44-32-20-34(50(40,47)48)26-10-6-8-12-28(26)36(32)38/h5-20H,3-4,37-38H2,1-2H3,(H2,39,45,46)(H2,40,47,48)/b43-41+,44-42+. The van der Waals surface area contributed by atoms with Crippen LogP contribution in [0, 0.1) is 0 Å². The molecule has 0 aliphatic heterocycles. The highest BCUT2D eigenvalue weighted by molar-refractivity contribution is 7.89. The van der Waals surface area contributed by atoms with E-state index in [1.165, 1.54) is 12.1 Å². The van der Waals surface area contributed by atoms with Crippen molar-refractivity contribution in [1.29, 1.82) is 0 Å². The SMILES string of the molecule is CCc1cc(-c2ccc(/N=N/c3cc(S(N)(=O)=O)c4ccccc4c3N)c(CC)c2)ccc1/N=N/c1cc(S(N)(=O)=O)c2ccccc2c1N. The van der Waals surface area contributed by atoms with Crippen molar-refractivity contribution in [3.8, 4) is 11.1 Å². The molecule has 6 rings (SSSR count). The van der Waals surface area contributed by atoms with E-state index in [1.54, 1.807) is 48.5 Å². The maximum absolute atomic E-state index is 12.4. The molecule has 6 aromatic carbocycles. The zero-order valence-corrected chi connectivity index (χ0v) is 28.8. The van der Waals surface area contributed by atoms with Gasteiger partial charge in [0.2, 0.25) is 20.0 Å². The van der Waals surface area contributed by atoms with Gasteiger partial charge in [-0.1, -0.05) is 74.5 Å². The lowest BCUT2D eigenvalue weighted by Gasteiger charge is -2.11. The molecule has 12 nitrogen and oxygen atoms in total. The molecule has 0 bridgehead atoms. The summed E-state index contributed by atoms with van der Waals surface area (Å²) in [6.45, 7) is 4.00. The van der Waals surface area contributed by atoms with E-state index in [9.17, 15) is 16.8 Å². The molecular formula is C36H34N8O4S2. The van der Waals surface area contributed by atoms with Gasteiger partial charge in [-0.15, -0.1) is 10.2 Å². The van der Waals surface area contributed by atoms with E-state index >= 15 is 0 Å². The van der Waals surface area contributed by atoms with Crippen molar-refractivity contribution in [3.05, 3.63) is 108 Å². The number of hydrogen-bond acceptors (Lipinski definition) is 10. The number of primary sulfonamides is 2. The second-order valence-corrected chi connectivity index (χ2v) is 14.6. The summed E-state index contributed by atoms with van der Waals surface area (Å²) in [5, 5.41) is 30.5. The van der Waals surface area contributed by atoms with Crippen molar-refractivity contribution in [2.75, 3.05) is 11.5 Å². The van der Waals surface area contributed by atoms with E-state index in [4.69, 9.17) is 21.7 Å². The lowest BCUT2D eigenvalue weighted by molar-refractivity contribution is 0.597. The van der Waals surface area contributed by atoms with Crippen LogP contribution in [-0.2, 0) is 32.9 Å². The average Bonchev–Trinajstić information content (AvgIpc) is 3.10. The molecule has 0 heterocycles. The second-order valence-electron chi connectivity index (χ2n) is 11.6. The maximum Gasteiger partial charge on any atom is 0.238 e. The van der Waals surface area contributed by atoms with Crippen LogP contribution in [0.1, 0.15) is 25.0 Å². The second kappa shape index (κ2) is 13.4. The van der Waals surface area contributed by atoms with Crippen molar-refractivity contribution in [2.24, 2.45) is 30.7 Å². The fourth-order valence-electron chi connectivity index (χ4n) is 5.84. The Bertz CT molecular complexity index is 2420. The molecule has 0 radical (unpaired) electrons. The number of fused-ring (bicyclic) bond motifs is 2. The van der Waals surface area contributed by atoms with Crippen molar-refractivity contribution < 1.29 is 16.8 Å². The first-order valence-corrected chi connectivity index (χ1v) is 18.7. The third-order valence-corrected chi connectivity index (χ3v) is 10.4. The van der Waals surface area contributed by atoms with E-state index in [0.717, 1.165) is 22.3 Å². The van der Waals surface area contributed by atoms with E-state index in [1.807, 2.05) is 50.2 Å². The Morgan fingerprint density at radius 3 is 1.16 bits per heavy atom. The van der Waals surface area contributed by atoms with Crippen LogP contribution in [0.15, 0.2) is 127 Å². The Kier molecular flexibility index (Phi) is 9.20. The fourth-order valence-corrected chi connectivity index (χ4v) is 7.37. The van der Waals surface area contributed by atoms with Crippen LogP contribution >= 0.6 is 0 Å². The predicted octanol–water partition coefficient (Wildman–Crippen LogP) is 8.07. The van der Waals surface area contributed by atoms with E-state index in [-0.39, 0.29) is 21.2 Å². The van der Waals surface area contributed by atoms with Gasteiger partial charge in [0.1, 0.15) is 11.4 Å². The number of rotatable bonds is 9. The summed E-state index contributed by atoms with van der Waals surface area (Å²) in [5.74, 6) is 0. The molecule has 0 unspecified atom stereocenters. The molecule has 0 fully saturated rings. The van der Waals surface area contributed by atoms with Gasteiger partial charge in [-0.3, -0.25) is 0 Å². The Labute approximate surface area is 289 Å². The summed E-state index contributed by atoms with van der Waals surface area (Å²) in [5.41, 5.74) is 18.7. The summed E-state index contributed by atoms with van der Waals surface area (Å²) in [4.78, 5) is -0.156. The highest BCUT2D eigenvalue weighted by Crippen LogP contribution is 2.39. The van der Waals surface area contributed by atoms with Crippen LogP contribution in [-0.4, -0.2) is 16.8 Å². The normalized spacial score (nSPS) is 12.5. The summed E-state index contributed by atoms with van der Waals surface area (Å²) in [6.07, 6.45) is 1.30. The molecule has 0 aromatic heterocycles.